The SMILES string of the molecule is CC1[CH]ONC1. The van der Waals surface area contributed by atoms with Crippen LogP contribution < -0.4 is 5.48 Å². The van der Waals surface area contributed by atoms with Crippen molar-refractivity contribution in [1.29, 1.82) is 0 Å². The summed E-state index contributed by atoms with van der Waals surface area (Å²) < 4.78 is 0. The number of rotatable bonds is 0. The summed E-state index contributed by atoms with van der Waals surface area (Å²) in [4.78, 5) is 4.68. The molecule has 1 fully saturated rings. The number of hydrogen-bond donors (Lipinski definition) is 1. The van der Waals surface area contributed by atoms with Crippen LogP contribution in [0, 0.1) is 12.5 Å². The van der Waals surface area contributed by atoms with Crippen molar-refractivity contribution in [3.63, 3.8) is 0 Å². The lowest BCUT2D eigenvalue weighted by Crippen LogP contribution is -2.04. The molecule has 1 unspecified atom stereocenters. The van der Waals surface area contributed by atoms with Crippen LogP contribution in [0.3, 0.4) is 0 Å². The number of hydrogen-bond acceptors (Lipinski definition) is 2. The van der Waals surface area contributed by atoms with Gasteiger partial charge in [-0.1, -0.05) is 6.92 Å². The Bertz CT molecular complexity index is 40.8. The maximum atomic E-state index is 4.68. The monoisotopic (exact) mass is 86.1 g/mol. The van der Waals surface area contributed by atoms with Gasteiger partial charge in [-0.2, -0.15) is 0 Å². The molecule has 0 amide bonds. The molecule has 1 aliphatic rings. The normalized spacial score (nSPS) is 34.5. The Morgan fingerprint density at radius 3 is 3.00 bits per heavy atom. The maximum Gasteiger partial charge on any atom is 0.111 e. The first kappa shape index (κ1) is 4.09. The molecule has 0 saturated carbocycles. The van der Waals surface area contributed by atoms with Gasteiger partial charge in [-0.3, -0.25) is 4.84 Å². The molecule has 2 nitrogen and oxygen atoms in total. The highest BCUT2D eigenvalue weighted by Crippen LogP contribution is 2.03. The molecule has 1 heterocycles. The Morgan fingerprint density at radius 2 is 2.83 bits per heavy atom. The molecular weight excluding hydrogens is 78.0 g/mol. The Hall–Kier alpha value is -0.0800. The maximum absolute atomic E-state index is 4.68. The van der Waals surface area contributed by atoms with Crippen molar-refractivity contribution >= 4 is 0 Å². The van der Waals surface area contributed by atoms with Crippen LogP contribution in [-0.2, 0) is 4.84 Å². The predicted octanol–water partition coefficient (Wildman–Crippen LogP) is 0.319. The Kier molecular flexibility index (Phi) is 1.08. The second-order valence-electron chi connectivity index (χ2n) is 1.58. The lowest BCUT2D eigenvalue weighted by atomic mass is 10.2. The van der Waals surface area contributed by atoms with Crippen molar-refractivity contribution in [2.24, 2.45) is 5.92 Å². The number of nitrogens with one attached hydrogen (secondary N) is 1. The summed E-state index contributed by atoms with van der Waals surface area (Å²) in [6.45, 7) is 4.85. The highest BCUT2D eigenvalue weighted by Gasteiger charge is 2.08. The highest BCUT2D eigenvalue weighted by atomic mass is 16.7. The zero-order chi connectivity index (χ0) is 4.41. The zero-order valence-corrected chi connectivity index (χ0v) is 3.77. The third-order valence-electron chi connectivity index (χ3n) is 0.789. The van der Waals surface area contributed by atoms with E-state index in [-0.39, 0.29) is 0 Å². The molecule has 1 aliphatic heterocycles. The standard InChI is InChI=1S/C4H8NO/c1-4-2-5-6-3-4/h3-5H,2H2,1H3. The van der Waals surface area contributed by atoms with E-state index in [4.69, 9.17) is 0 Å². The van der Waals surface area contributed by atoms with E-state index in [9.17, 15) is 0 Å². The summed E-state index contributed by atoms with van der Waals surface area (Å²) in [6.07, 6.45) is 0. The quantitative estimate of drug-likeness (QED) is 0.458. The zero-order valence-electron chi connectivity index (χ0n) is 3.77. The van der Waals surface area contributed by atoms with Crippen LogP contribution in [0.15, 0.2) is 0 Å². The summed E-state index contributed by atoms with van der Waals surface area (Å²) in [5.74, 6) is 0.588. The van der Waals surface area contributed by atoms with Gasteiger partial charge in [0.25, 0.3) is 0 Å². The predicted molar refractivity (Wildman–Crippen MR) is 22.6 cm³/mol. The first-order valence-electron chi connectivity index (χ1n) is 2.11. The summed E-state index contributed by atoms with van der Waals surface area (Å²) in [7, 11) is 0. The van der Waals surface area contributed by atoms with Crippen molar-refractivity contribution < 1.29 is 4.84 Å². The summed E-state index contributed by atoms with van der Waals surface area (Å²) in [6, 6.07) is 0. The van der Waals surface area contributed by atoms with Gasteiger partial charge < -0.3 is 0 Å². The smallest absolute Gasteiger partial charge is 0.111 e. The fourth-order valence-electron chi connectivity index (χ4n) is 0.392. The van der Waals surface area contributed by atoms with Gasteiger partial charge in [-0.05, 0) is 0 Å². The highest BCUT2D eigenvalue weighted by molar-refractivity contribution is 4.66. The van der Waals surface area contributed by atoms with Crippen molar-refractivity contribution in [3.8, 4) is 0 Å². The molecule has 1 radical (unpaired) electrons. The van der Waals surface area contributed by atoms with Gasteiger partial charge in [0, 0.05) is 12.5 Å². The molecule has 1 atom stereocenters. The summed E-state index contributed by atoms with van der Waals surface area (Å²) in [5.41, 5.74) is 2.72. The molecule has 0 aromatic carbocycles. The Morgan fingerprint density at radius 1 is 2.00 bits per heavy atom. The van der Waals surface area contributed by atoms with Crippen molar-refractivity contribution in [3.05, 3.63) is 6.61 Å². The van der Waals surface area contributed by atoms with E-state index < -0.39 is 0 Å². The topological polar surface area (TPSA) is 21.3 Å². The fraction of sp³-hybridized carbons (Fsp3) is 0.750. The largest absolute Gasteiger partial charge is 0.295 e. The van der Waals surface area contributed by atoms with Crippen molar-refractivity contribution in [2.45, 2.75) is 6.92 Å². The minimum Gasteiger partial charge on any atom is -0.295 e. The van der Waals surface area contributed by atoms with E-state index in [2.05, 4.69) is 17.2 Å². The minimum absolute atomic E-state index is 0.588. The van der Waals surface area contributed by atoms with Gasteiger partial charge in [0.1, 0.15) is 6.61 Å². The van der Waals surface area contributed by atoms with Gasteiger partial charge in [-0.15, -0.1) is 0 Å². The van der Waals surface area contributed by atoms with Crippen LogP contribution in [0.4, 0.5) is 0 Å². The van der Waals surface area contributed by atoms with Crippen LogP contribution in [-0.4, -0.2) is 6.54 Å². The molecular formula is C4H8NO. The molecule has 0 aromatic rings. The molecule has 6 heavy (non-hydrogen) atoms. The van der Waals surface area contributed by atoms with Crippen molar-refractivity contribution in [1.82, 2.24) is 5.48 Å². The lowest BCUT2D eigenvalue weighted by Gasteiger charge is -1.85. The fourth-order valence-corrected chi connectivity index (χ4v) is 0.392. The van der Waals surface area contributed by atoms with Crippen LogP contribution in [0.25, 0.3) is 0 Å². The van der Waals surface area contributed by atoms with Crippen LogP contribution in [0.2, 0.25) is 0 Å². The Labute approximate surface area is 37.4 Å². The molecule has 35 valence electrons. The lowest BCUT2D eigenvalue weighted by molar-refractivity contribution is 0.147. The second kappa shape index (κ2) is 1.58. The first-order valence-corrected chi connectivity index (χ1v) is 2.11. The molecule has 0 bridgehead atoms. The molecule has 0 spiro atoms. The van der Waals surface area contributed by atoms with E-state index in [0.29, 0.717) is 5.92 Å². The average Bonchev–Trinajstić information content (AvgIpc) is 1.86. The van der Waals surface area contributed by atoms with E-state index >= 15 is 0 Å². The second-order valence-corrected chi connectivity index (χ2v) is 1.58. The van der Waals surface area contributed by atoms with E-state index in [1.807, 2.05) is 0 Å². The molecule has 0 aliphatic carbocycles. The molecule has 2 heteroatoms. The van der Waals surface area contributed by atoms with Gasteiger partial charge >= 0.3 is 0 Å². The van der Waals surface area contributed by atoms with Gasteiger partial charge in [0.15, 0.2) is 0 Å². The van der Waals surface area contributed by atoms with Crippen molar-refractivity contribution in [2.75, 3.05) is 6.54 Å². The summed E-state index contributed by atoms with van der Waals surface area (Å²) >= 11 is 0. The van der Waals surface area contributed by atoms with E-state index in [1.54, 1.807) is 6.61 Å². The van der Waals surface area contributed by atoms with E-state index in [0.717, 1.165) is 6.54 Å². The molecule has 1 rings (SSSR count). The van der Waals surface area contributed by atoms with Gasteiger partial charge in [0.2, 0.25) is 0 Å². The van der Waals surface area contributed by atoms with Crippen LogP contribution >= 0.6 is 0 Å². The third-order valence-corrected chi connectivity index (χ3v) is 0.789. The Balaban J connectivity index is 2.18. The number of hydroxylamine groups is 1. The summed E-state index contributed by atoms with van der Waals surface area (Å²) in [5, 5.41) is 0. The van der Waals surface area contributed by atoms with Gasteiger partial charge in [0.05, 0.1) is 0 Å². The third kappa shape index (κ3) is 0.698. The molecule has 1 saturated heterocycles. The van der Waals surface area contributed by atoms with E-state index in [1.165, 1.54) is 0 Å². The first-order chi connectivity index (χ1) is 2.89. The van der Waals surface area contributed by atoms with Gasteiger partial charge in [-0.25, -0.2) is 5.48 Å². The average molecular weight is 86.1 g/mol. The minimum atomic E-state index is 0.588. The molecule has 1 N–H and O–H groups in total. The molecule has 0 aromatic heterocycles. The van der Waals surface area contributed by atoms with Crippen LogP contribution in [0.1, 0.15) is 6.92 Å². The van der Waals surface area contributed by atoms with Crippen LogP contribution in [0.5, 0.6) is 0 Å².